The van der Waals surface area contributed by atoms with Crippen molar-refractivity contribution in [3.05, 3.63) is 62.6 Å². The minimum absolute atomic E-state index is 0.0190. The molecule has 0 atom stereocenters. The number of amides is 1. The average molecular weight is 345 g/mol. The number of carboxylic acids is 1. The number of hydrogen-bond donors (Lipinski definition) is 2. The summed E-state index contributed by atoms with van der Waals surface area (Å²) in [7, 11) is 0. The molecule has 2 aromatic rings. The Labute approximate surface area is 135 Å². The van der Waals surface area contributed by atoms with Gasteiger partial charge >= 0.3 is 5.97 Å². The molecule has 0 aliphatic heterocycles. The molecular weight excluding hydrogens is 337 g/mol. The first-order valence-electron chi connectivity index (χ1n) is 5.69. The Kier molecular flexibility index (Phi) is 4.73. The van der Waals surface area contributed by atoms with E-state index in [9.17, 15) is 9.59 Å². The Morgan fingerprint density at radius 1 is 0.857 bits per heavy atom. The number of halogens is 3. The molecule has 0 saturated carbocycles. The van der Waals surface area contributed by atoms with Gasteiger partial charge in [-0.05, 0) is 24.3 Å². The summed E-state index contributed by atoms with van der Waals surface area (Å²) in [5.41, 5.74) is -0.0659. The van der Waals surface area contributed by atoms with Crippen LogP contribution in [0.4, 0.5) is 5.69 Å². The first-order chi connectivity index (χ1) is 9.91. The fourth-order valence-electron chi connectivity index (χ4n) is 1.75. The van der Waals surface area contributed by atoms with Crippen LogP contribution in [0, 0.1) is 0 Å². The van der Waals surface area contributed by atoms with Crippen molar-refractivity contribution < 1.29 is 14.7 Å². The lowest BCUT2D eigenvalue weighted by Gasteiger charge is -2.11. The van der Waals surface area contributed by atoms with Crippen molar-refractivity contribution in [2.75, 3.05) is 5.32 Å². The normalized spacial score (nSPS) is 10.2. The number of anilines is 1. The fourth-order valence-corrected chi connectivity index (χ4v) is 2.57. The molecule has 0 bridgehead atoms. The molecule has 2 N–H and O–H groups in total. The molecule has 0 saturated heterocycles. The molecule has 7 heteroatoms. The van der Waals surface area contributed by atoms with Crippen LogP contribution in [0.5, 0.6) is 0 Å². The number of carbonyl (C=O) groups excluding carboxylic acids is 1. The van der Waals surface area contributed by atoms with E-state index in [0.29, 0.717) is 0 Å². The van der Waals surface area contributed by atoms with Crippen LogP contribution in [0.1, 0.15) is 20.7 Å². The van der Waals surface area contributed by atoms with Crippen molar-refractivity contribution in [1.82, 2.24) is 0 Å². The van der Waals surface area contributed by atoms with Crippen LogP contribution in [0.3, 0.4) is 0 Å². The lowest BCUT2D eigenvalue weighted by Crippen LogP contribution is -2.16. The van der Waals surface area contributed by atoms with Gasteiger partial charge in [0.2, 0.25) is 0 Å². The molecule has 2 aromatic carbocycles. The van der Waals surface area contributed by atoms with Crippen LogP contribution in [-0.4, -0.2) is 17.0 Å². The smallest absolute Gasteiger partial charge is 0.339 e. The van der Waals surface area contributed by atoms with Crippen LogP contribution in [0.15, 0.2) is 36.4 Å². The molecular formula is C14H8Cl3NO3. The molecule has 0 unspecified atom stereocenters. The lowest BCUT2D eigenvalue weighted by molar-refractivity contribution is 0.0698. The summed E-state index contributed by atoms with van der Waals surface area (Å²) >= 11 is 17.7. The van der Waals surface area contributed by atoms with Gasteiger partial charge in [0.25, 0.3) is 5.91 Å². The number of aromatic carboxylic acids is 1. The molecule has 0 heterocycles. The molecule has 1 amide bonds. The van der Waals surface area contributed by atoms with Gasteiger partial charge in [-0.1, -0.05) is 46.9 Å². The predicted molar refractivity (Wildman–Crippen MR) is 82.8 cm³/mol. The van der Waals surface area contributed by atoms with Gasteiger partial charge in [-0.15, -0.1) is 0 Å². The Hall–Kier alpha value is -1.75. The Bertz CT molecular complexity index is 711. The van der Waals surface area contributed by atoms with Crippen molar-refractivity contribution in [2.45, 2.75) is 0 Å². The number of rotatable bonds is 3. The maximum absolute atomic E-state index is 12.2. The summed E-state index contributed by atoms with van der Waals surface area (Å²) in [5, 5.41) is 12.0. The van der Waals surface area contributed by atoms with E-state index in [2.05, 4.69) is 5.32 Å². The summed E-state index contributed by atoms with van der Waals surface area (Å²) in [6.07, 6.45) is 0. The summed E-state index contributed by atoms with van der Waals surface area (Å²) in [6.45, 7) is 0. The SMILES string of the molecule is O=C(Nc1cccc(Cl)c1C(=O)O)c1c(Cl)cccc1Cl. The second-order valence-electron chi connectivity index (χ2n) is 4.02. The zero-order chi connectivity index (χ0) is 15.6. The highest BCUT2D eigenvalue weighted by atomic mass is 35.5. The van der Waals surface area contributed by atoms with Crippen molar-refractivity contribution >= 4 is 52.4 Å². The van der Waals surface area contributed by atoms with Gasteiger partial charge in [-0.3, -0.25) is 4.79 Å². The molecule has 0 aliphatic rings. The molecule has 0 aromatic heterocycles. The summed E-state index contributed by atoms with van der Waals surface area (Å²) in [6, 6.07) is 9.00. The van der Waals surface area contributed by atoms with Crippen molar-refractivity contribution in [3.63, 3.8) is 0 Å². The highest BCUT2D eigenvalue weighted by Gasteiger charge is 2.19. The number of carboxylic acid groups (broad SMARTS) is 1. The number of nitrogens with one attached hydrogen (secondary N) is 1. The minimum Gasteiger partial charge on any atom is -0.478 e. The monoisotopic (exact) mass is 343 g/mol. The Balaban J connectivity index is 2.42. The quantitative estimate of drug-likeness (QED) is 0.855. The van der Waals surface area contributed by atoms with Gasteiger partial charge in [0.1, 0.15) is 5.56 Å². The third-order valence-electron chi connectivity index (χ3n) is 2.67. The summed E-state index contributed by atoms with van der Waals surface area (Å²) in [4.78, 5) is 23.4. The molecule has 2 rings (SSSR count). The van der Waals surface area contributed by atoms with E-state index in [0.717, 1.165) is 0 Å². The molecule has 21 heavy (non-hydrogen) atoms. The van der Waals surface area contributed by atoms with E-state index in [1.165, 1.54) is 30.3 Å². The topological polar surface area (TPSA) is 66.4 Å². The van der Waals surface area contributed by atoms with Crippen molar-refractivity contribution in [3.8, 4) is 0 Å². The van der Waals surface area contributed by atoms with Crippen molar-refractivity contribution in [2.24, 2.45) is 0 Å². The van der Waals surface area contributed by atoms with Gasteiger partial charge in [0.15, 0.2) is 0 Å². The van der Waals surface area contributed by atoms with E-state index >= 15 is 0 Å². The Morgan fingerprint density at radius 2 is 1.33 bits per heavy atom. The lowest BCUT2D eigenvalue weighted by atomic mass is 10.1. The van der Waals surface area contributed by atoms with E-state index in [4.69, 9.17) is 39.9 Å². The van der Waals surface area contributed by atoms with Crippen LogP contribution >= 0.6 is 34.8 Å². The Morgan fingerprint density at radius 3 is 1.86 bits per heavy atom. The summed E-state index contributed by atoms with van der Waals surface area (Å²) in [5.74, 6) is -1.86. The molecule has 108 valence electrons. The third kappa shape index (κ3) is 3.29. The predicted octanol–water partition coefficient (Wildman–Crippen LogP) is 4.60. The zero-order valence-corrected chi connectivity index (χ0v) is 12.6. The van der Waals surface area contributed by atoms with E-state index in [-0.39, 0.29) is 31.9 Å². The third-order valence-corrected chi connectivity index (χ3v) is 3.61. The second kappa shape index (κ2) is 6.35. The highest BCUT2D eigenvalue weighted by Crippen LogP contribution is 2.28. The van der Waals surface area contributed by atoms with Gasteiger partial charge in [-0.25, -0.2) is 4.79 Å². The number of hydrogen-bond acceptors (Lipinski definition) is 2. The van der Waals surface area contributed by atoms with Gasteiger partial charge in [0.05, 0.1) is 26.3 Å². The largest absolute Gasteiger partial charge is 0.478 e. The van der Waals surface area contributed by atoms with Crippen LogP contribution in [0.2, 0.25) is 15.1 Å². The first kappa shape index (κ1) is 15.6. The standard InChI is InChI=1S/C14H8Cl3NO3/c15-7-3-1-4-8(16)11(7)13(19)18-10-6-2-5-9(17)12(10)14(20)21/h1-6H,(H,18,19)(H,20,21). The average Bonchev–Trinajstić information content (AvgIpc) is 2.37. The molecule has 0 radical (unpaired) electrons. The fraction of sp³-hybridized carbons (Fsp3) is 0. The first-order valence-corrected chi connectivity index (χ1v) is 6.82. The van der Waals surface area contributed by atoms with E-state index in [1.54, 1.807) is 6.07 Å². The van der Waals surface area contributed by atoms with Gasteiger partial charge < -0.3 is 10.4 Å². The van der Waals surface area contributed by atoms with Crippen LogP contribution in [-0.2, 0) is 0 Å². The van der Waals surface area contributed by atoms with Crippen molar-refractivity contribution in [1.29, 1.82) is 0 Å². The highest BCUT2D eigenvalue weighted by molar-refractivity contribution is 6.40. The molecule has 0 fully saturated rings. The van der Waals surface area contributed by atoms with Gasteiger partial charge in [-0.2, -0.15) is 0 Å². The van der Waals surface area contributed by atoms with E-state index < -0.39 is 11.9 Å². The number of benzene rings is 2. The zero-order valence-electron chi connectivity index (χ0n) is 10.4. The molecule has 0 aliphatic carbocycles. The minimum atomic E-state index is -1.25. The maximum Gasteiger partial charge on any atom is 0.339 e. The number of carbonyl (C=O) groups is 2. The van der Waals surface area contributed by atoms with E-state index in [1.807, 2.05) is 0 Å². The summed E-state index contributed by atoms with van der Waals surface area (Å²) < 4.78 is 0. The second-order valence-corrected chi connectivity index (χ2v) is 5.24. The van der Waals surface area contributed by atoms with Gasteiger partial charge in [0, 0.05) is 0 Å². The van der Waals surface area contributed by atoms with Crippen LogP contribution < -0.4 is 5.32 Å². The molecule has 0 spiro atoms. The maximum atomic E-state index is 12.2. The van der Waals surface area contributed by atoms with Crippen LogP contribution in [0.25, 0.3) is 0 Å². The molecule has 4 nitrogen and oxygen atoms in total.